The van der Waals surface area contributed by atoms with Gasteiger partial charge in [0, 0.05) is 0 Å². The highest BCUT2D eigenvalue weighted by Gasteiger charge is 2.32. The number of hydrogen-bond acceptors (Lipinski definition) is 0. The number of allylic oxidation sites excluding steroid dienone is 1. The van der Waals surface area contributed by atoms with Crippen LogP contribution in [0.25, 0.3) is 0 Å². The molecule has 0 spiro atoms. The monoisotopic (exact) mass is 166 g/mol. The van der Waals surface area contributed by atoms with Crippen LogP contribution in [-0.2, 0) is 0 Å². The fraction of sp³-hybridized carbons (Fsp3) is 0.833. The van der Waals surface area contributed by atoms with Crippen LogP contribution in [0.1, 0.15) is 47.0 Å². The second-order valence-corrected chi connectivity index (χ2v) is 5.37. The Kier molecular flexibility index (Phi) is 2.65. The summed E-state index contributed by atoms with van der Waals surface area (Å²) in [6.45, 7) is 13.3. The van der Waals surface area contributed by atoms with Gasteiger partial charge in [0.1, 0.15) is 0 Å². The van der Waals surface area contributed by atoms with E-state index < -0.39 is 0 Å². The van der Waals surface area contributed by atoms with E-state index in [2.05, 4.69) is 34.3 Å². The fourth-order valence-electron chi connectivity index (χ4n) is 1.54. The van der Waals surface area contributed by atoms with Gasteiger partial charge in [-0.2, -0.15) is 0 Å². The molecule has 0 N–H and O–H groups in total. The maximum atomic E-state index is 4.15. The van der Waals surface area contributed by atoms with E-state index >= 15 is 0 Å². The summed E-state index contributed by atoms with van der Waals surface area (Å²) in [5.41, 5.74) is 1.74. The van der Waals surface area contributed by atoms with E-state index in [0.29, 0.717) is 5.41 Å². The molecule has 0 aliphatic heterocycles. The molecular formula is C12H22. The van der Waals surface area contributed by atoms with E-state index in [1.807, 2.05) is 0 Å². The quantitative estimate of drug-likeness (QED) is 0.555. The van der Waals surface area contributed by atoms with Crippen molar-refractivity contribution in [2.45, 2.75) is 47.0 Å². The molecule has 12 heavy (non-hydrogen) atoms. The lowest BCUT2D eigenvalue weighted by Crippen LogP contribution is -2.08. The van der Waals surface area contributed by atoms with Crippen LogP contribution in [0.2, 0.25) is 0 Å². The van der Waals surface area contributed by atoms with Crippen LogP contribution in [0, 0.1) is 17.3 Å². The summed E-state index contributed by atoms with van der Waals surface area (Å²) >= 11 is 0. The summed E-state index contributed by atoms with van der Waals surface area (Å²) in [7, 11) is 0. The van der Waals surface area contributed by atoms with Gasteiger partial charge in [-0.25, -0.2) is 0 Å². The summed E-state index contributed by atoms with van der Waals surface area (Å²) in [6.07, 6.45) is 4.06. The van der Waals surface area contributed by atoms with Crippen LogP contribution in [0.4, 0.5) is 0 Å². The van der Waals surface area contributed by atoms with Crippen LogP contribution >= 0.6 is 0 Å². The summed E-state index contributed by atoms with van der Waals surface area (Å²) in [6, 6.07) is 0. The third-order valence-corrected chi connectivity index (χ3v) is 3.15. The summed E-state index contributed by atoms with van der Waals surface area (Å²) < 4.78 is 0. The maximum Gasteiger partial charge on any atom is -0.0176 e. The molecule has 0 amide bonds. The van der Waals surface area contributed by atoms with Gasteiger partial charge in [0.05, 0.1) is 0 Å². The first-order chi connectivity index (χ1) is 5.41. The zero-order chi connectivity index (χ0) is 9.35. The topological polar surface area (TPSA) is 0 Å². The first-order valence-corrected chi connectivity index (χ1v) is 5.09. The lowest BCUT2D eigenvalue weighted by Gasteiger charge is -2.21. The zero-order valence-corrected chi connectivity index (χ0v) is 8.98. The predicted octanol–water partition coefficient (Wildman–Crippen LogP) is 4.02. The van der Waals surface area contributed by atoms with E-state index in [1.54, 1.807) is 0 Å². The lowest BCUT2D eigenvalue weighted by atomic mass is 9.84. The Bertz CT molecular complexity index is 171. The second-order valence-electron chi connectivity index (χ2n) is 5.37. The Morgan fingerprint density at radius 1 is 1.42 bits per heavy atom. The van der Waals surface area contributed by atoms with Crippen LogP contribution in [0.15, 0.2) is 12.2 Å². The van der Waals surface area contributed by atoms with Gasteiger partial charge in [-0.3, -0.25) is 0 Å². The molecule has 1 aliphatic carbocycles. The molecule has 0 aromatic heterocycles. The molecule has 1 aliphatic rings. The van der Waals surface area contributed by atoms with Gasteiger partial charge in [0.2, 0.25) is 0 Å². The Labute approximate surface area is 77.1 Å². The van der Waals surface area contributed by atoms with E-state index in [9.17, 15) is 0 Å². The van der Waals surface area contributed by atoms with Crippen molar-refractivity contribution in [3.8, 4) is 0 Å². The molecule has 2 unspecified atom stereocenters. The molecule has 0 radical (unpaired) electrons. The van der Waals surface area contributed by atoms with Crippen LogP contribution in [0.5, 0.6) is 0 Å². The maximum absolute atomic E-state index is 4.15. The van der Waals surface area contributed by atoms with E-state index in [-0.39, 0.29) is 0 Å². The first kappa shape index (κ1) is 9.83. The summed E-state index contributed by atoms with van der Waals surface area (Å²) in [5, 5.41) is 0. The Balaban J connectivity index is 2.19. The van der Waals surface area contributed by atoms with Gasteiger partial charge in [-0.05, 0) is 36.5 Å². The predicted molar refractivity (Wildman–Crippen MR) is 55.1 cm³/mol. The van der Waals surface area contributed by atoms with Gasteiger partial charge in [-0.1, -0.05) is 39.8 Å². The lowest BCUT2D eigenvalue weighted by molar-refractivity contribution is 0.471. The van der Waals surface area contributed by atoms with Crippen molar-refractivity contribution in [3.05, 3.63) is 12.2 Å². The molecule has 0 aromatic rings. The third-order valence-electron chi connectivity index (χ3n) is 3.15. The largest absolute Gasteiger partial charge is 0.0993 e. The SMILES string of the molecule is C=C(CCC1CC1C)C(C)(C)C. The minimum absolute atomic E-state index is 0.318. The van der Waals surface area contributed by atoms with Crippen molar-refractivity contribution in [2.75, 3.05) is 0 Å². The number of hydrogen-bond donors (Lipinski definition) is 0. The fourth-order valence-corrected chi connectivity index (χ4v) is 1.54. The Hall–Kier alpha value is -0.260. The van der Waals surface area contributed by atoms with Crippen molar-refractivity contribution in [2.24, 2.45) is 17.3 Å². The standard InChI is InChI=1S/C12H22/c1-9-8-11(9)7-6-10(2)12(3,4)5/h9,11H,2,6-8H2,1,3-5H3. The molecule has 0 heterocycles. The highest BCUT2D eigenvalue weighted by atomic mass is 14.4. The minimum Gasteiger partial charge on any atom is -0.0993 e. The van der Waals surface area contributed by atoms with Crippen LogP contribution in [0.3, 0.4) is 0 Å². The molecule has 1 saturated carbocycles. The molecular weight excluding hydrogens is 144 g/mol. The van der Waals surface area contributed by atoms with E-state index in [4.69, 9.17) is 0 Å². The average Bonchev–Trinajstić information content (AvgIpc) is 2.59. The van der Waals surface area contributed by atoms with Crippen LogP contribution in [-0.4, -0.2) is 0 Å². The highest BCUT2D eigenvalue weighted by Crippen LogP contribution is 2.43. The van der Waals surface area contributed by atoms with Gasteiger partial charge < -0.3 is 0 Å². The van der Waals surface area contributed by atoms with Gasteiger partial charge in [0.25, 0.3) is 0 Å². The van der Waals surface area contributed by atoms with Crippen molar-refractivity contribution in [1.82, 2.24) is 0 Å². The highest BCUT2D eigenvalue weighted by molar-refractivity contribution is 5.05. The summed E-state index contributed by atoms with van der Waals surface area (Å²) in [5.74, 6) is 2.02. The third kappa shape index (κ3) is 2.66. The molecule has 1 rings (SSSR count). The molecule has 0 saturated heterocycles. The molecule has 0 aromatic carbocycles. The molecule has 2 atom stereocenters. The molecule has 0 heteroatoms. The Morgan fingerprint density at radius 3 is 2.25 bits per heavy atom. The first-order valence-electron chi connectivity index (χ1n) is 5.09. The van der Waals surface area contributed by atoms with Crippen LogP contribution < -0.4 is 0 Å². The molecule has 70 valence electrons. The van der Waals surface area contributed by atoms with Gasteiger partial charge in [0.15, 0.2) is 0 Å². The van der Waals surface area contributed by atoms with E-state index in [0.717, 1.165) is 11.8 Å². The minimum atomic E-state index is 0.318. The normalized spacial score (nSPS) is 28.7. The van der Waals surface area contributed by atoms with Gasteiger partial charge in [-0.15, -0.1) is 0 Å². The number of rotatable bonds is 3. The van der Waals surface area contributed by atoms with Crippen molar-refractivity contribution in [1.29, 1.82) is 0 Å². The summed E-state index contributed by atoms with van der Waals surface area (Å²) in [4.78, 5) is 0. The Morgan fingerprint density at radius 2 is 1.92 bits per heavy atom. The zero-order valence-electron chi connectivity index (χ0n) is 8.98. The van der Waals surface area contributed by atoms with Crippen molar-refractivity contribution < 1.29 is 0 Å². The van der Waals surface area contributed by atoms with Gasteiger partial charge >= 0.3 is 0 Å². The smallest absolute Gasteiger partial charge is 0.0176 e. The molecule has 0 bridgehead atoms. The van der Waals surface area contributed by atoms with Crippen molar-refractivity contribution in [3.63, 3.8) is 0 Å². The van der Waals surface area contributed by atoms with E-state index in [1.165, 1.54) is 24.8 Å². The molecule has 1 fully saturated rings. The molecule has 0 nitrogen and oxygen atoms in total. The second kappa shape index (κ2) is 3.24. The van der Waals surface area contributed by atoms with Crippen molar-refractivity contribution >= 4 is 0 Å². The average molecular weight is 166 g/mol.